The van der Waals surface area contributed by atoms with E-state index in [4.69, 9.17) is 4.52 Å². The van der Waals surface area contributed by atoms with Gasteiger partial charge in [-0.1, -0.05) is 29.4 Å². The molecular weight excluding hydrogens is 402 g/mol. The predicted octanol–water partition coefficient (Wildman–Crippen LogP) is 1.82. The third kappa shape index (κ3) is 4.67. The highest BCUT2D eigenvalue weighted by atomic mass is 32.2. The minimum atomic E-state index is -3.40. The van der Waals surface area contributed by atoms with Gasteiger partial charge >= 0.3 is 0 Å². The van der Waals surface area contributed by atoms with Crippen LogP contribution in [0.3, 0.4) is 0 Å². The number of nitrogens with one attached hydrogen (secondary N) is 1. The van der Waals surface area contributed by atoms with Gasteiger partial charge in [0.05, 0.1) is 5.69 Å². The Kier molecular flexibility index (Phi) is 6.38. The molecular formula is C21H29N5O3S. The molecule has 1 atom stereocenters. The Labute approximate surface area is 178 Å². The lowest BCUT2D eigenvalue weighted by atomic mass is 9.83. The van der Waals surface area contributed by atoms with E-state index in [0.717, 1.165) is 18.9 Å². The summed E-state index contributed by atoms with van der Waals surface area (Å²) in [6.45, 7) is 2.94. The maximum Gasteiger partial charge on any atom is 0.220 e. The maximum absolute atomic E-state index is 12.6. The lowest BCUT2D eigenvalue weighted by Crippen LogP contribution is -2.54. The Morgan fingerprint density at radius 3 is 2.77 bits per heavy atom. The molecule has 1 aliphatic carbocycles. The zero-order valence-electron chi connectivity index (χ0n) is 17.3. The summed E-state index contributed by atoms with van der Waals surface area (Å²) >= 11 is 0. The van der Waals surface area contributed by atoms with Crippen LogP contribution in [0.1, 0.15) is 35.6 Å². The van der Waals surface area contributed by atoms with Crippen molar-refractivity contribution >= 4 is 16.0 Å². The molecule has 1 aliphatic heterocycles. The van der Waals surface area contributed by atoms with Crippen LogP contribution in [0.25, 0.3) is 0 Å². The molecule has 30 heavy (non-hydrogen) atoms. The van der Waals surface area contributed by atoms with Crippen LogP contribution < -0.4 is 5.32 Å². The highest BCUT2D eigenvalue weighted by Gasteiger charge is 2.29. The summed E-state index contributed by atoms with van der Waals surface area (Å²) in [6, 6.07) is 10.3. The number of nitrogens with zero attached hydrogens (tertiary/aromatic N) is 4. The van der Waals surface area contributed by atoms with Gasteiger partial charge in [-0.05, 0) is 30.4 Å². The normalized spacial score (nSPS) is 20.8. The molecule has 2 aliphatic rings. The first-order valence-corrected chi connectivity index (χ1v) is 12.1. The Bertz CT molecular complexity index is 966. The van der Waals surface area contributed by atoms with Crippen LogP contribution in [0.2, 0.25) is 0 Å². The summed E-state index contributed by atoms with van der Waals surface area (Å²) in [5.74, 6) is 1.19. The molecule has 1 saturated heterocycles. The van der Waals surface area contributed by atoms with Crippen molar-refractivity contribution in [2.75, 3.05) is 39.8 Å². The second kappa shape index (κ2) is 9.18. The first-order chi connectivity index (χ1) is 14.6. The van der Waals surface area contributed by atoms with Crippen molar-refractivity contribution in [1.29, 1.82) is 0 Å². The van der Waals surface area contributed by atoms with Gasteiger partial charge in [0.25, 0.3) is 0 Å². The van der Waals surface area contributed by atoms with Crippen molar-refractivity contribution in [3.8, 4) is 0 Å². The van der Waals surface area contributed by atoms with Gasteiger partial charge in [-0.25, -0.2) is 8.42 Å². The van der Waals surface area contributed by atoms with Crippen molar-refractivity contribution in [2.45, 2.75) is 30.9 Å². The van der Waals surface area contributed by atoms with Crippen molar-refractivity contribution in [3.63, 3.8) is 0 Å². The molecule has 2 heterocycles. The number of benzene rings is 1. The molecule has 162 valence electrons. The molecule has 9 heteroatoms. The fraction of sp³-hybridized carbons (Fsp3) is 0.524. The summed E-state index contributed by atoms with van der Waals surface area (Å²) < 4.78 is 31.5. The van der Waals surface area contributed by atoms with Crippen molar-refractivity contribution < 1.29 is 12.9 Å². The molecule has 0 amide bonds. The van der Waals surface area contributed by atoms with Crippen molar-refractivity contribution in [2.24, 2.45) is 4.99 Å². The Morgan fingerprint density at radius 2 is 2.03 bits per heavy atom. The zero-order chi connectivity index (χ0) is 21.0. The van der Waals surface area contributed by atoms with Gasteiger partial charge in [-0.15, -0.1) is 0 Å². The van der Waals surface area contributed by atoms with E-state index in [2.05, 4.69) is 44.6 Å². The van der Waals surface area contributed by atoms with Gasteiger partial charge < -0.3 is 14.7 Å². The zero-order valence-corrected chi connectivity index (χ0v) is 18.1. The van der Waals surface area contributed by atoms with Gasteiger partial charge in [-0.2, -0.15) is 4.31 Å². The summed E-state index contributed by atoms with van der Waals surface area (Å²) in [5, 5.41) is 7.24. The second-order valence-corrected chi connectivity index (χ2v) is 9.82. The first-order valence-electron chi connectivity index (χ1n) is 10.5. The van der Waals surface area contributed by atoms with E-state index < -0.39 is 10.0 Å². The molecule has 0 saturated carbocycles. The SMILES string of the molecule is CN=C(NCC1CCCc2ccccc21)N1CCN(S(=O)(=O)Cc2ccon2)CC1. The minimum absolute atomic E-state index is 0.127. The predicted molar refractivity (Wildman–Crippen MR) is 116 cm³/mol. The number of rotatable bonds is 5. The molecule has 2 aromatic rings. The van der Waals surface area contributed by atoms with Crippen LogP contribution in [0.5, 0.6) is 0 Å². The lowest BCUT2D eigenvalue weighted by Gasteiger charge is -2.36. The highest BCUT2D eigenvalue weighted by Crippen LogP contribution is 2.30. The fourth-order valence-electron chi connectivity index (χ4n) is 4.38. The minimum Gasteiger partial charge on any atom is -0.364 e. The third-order valence-corrected chi connectivity index (χ3v) is 7.78. The fourth-order valence-corrected chi connectivity index (χ4v) is 5.81. The van der Waals surface area contributed by atoms with Crippen LogP contribution in [-0.2, 0) is 22.2 Å². The molecule has 1 aromatic heterocycles. The quantitative estimate of drug-likeness (QED) is 0.574. The Hall–Kier alpha value is -2.39. The van der Waals surface area contributed by atoms with E-state index in [1.54, 1.807) is 13.1 Å². The number of aromatic nitrogens is 1. The van der Waals surface area contributed by atoms with E-state index in [9.17, 15) is 8.42 Å². The van der Waals surface area contributed by atoms with Crippen molar-refractivity contribution in [1.82, 2.24) is 19.7 Å². The van der Waals surface area contributed by atoms with E-state index in [1.165, 1.54) is 34.5 Å². The molecule has 8 nitrogen and oxygen atoms in total. The molecule has 1 unspecified atom stereocenters. The third-order valence-electron chi connectivity index (χ3n) is 5.97. The van der Waals surface area contributed by atoms with E-state index in [1.807, 2.05) is 0 Å². The molecule has 1 fully saturated rings. The Balaban J connectivity index is 1.32. The monoisotopic (exact) mass is 431 g/mol. The second-order valence-electron chi connectivity index (χ2n) is 7.85. The highest BCUT2D eigenvalue weighted by molar-refractivity contribution is 7.88. The lowest BCUT2D eigenvalue weighted by molar-refractivity contribution is 0.259. The number of piperazine rings is 1. The first kappa shape index (κ1) is 20.9. The van der Waals surface area contributed by atoms with Crippen LogP contribution >= 0.6 is 0 Å². The summed E-state index contributed by atoms with van der Waals surface area (Å²) in [5.41, 5.74) is 3.33. The number of aliphatic imine (C=N–C) groups is 1. The van der Waals surface area contributed by atoms with Gasteiger partial charge in [0, 0.05) is 51.8 Å². The summed E-state index contributed by atoms with van der Waals surface area (Å²) in [6.07, 6.45) is 4.94. The van der Waals surface area contributed by atoms with E-state index in [-0.39, 0.29) is 5.75 Å². The van der Waals surface area contributed by atoms with Crippen molar-refractivity contribution in [3.05, 3.63) is 53.4 Å². The van der Waals surface area contributed by atoms with Gasteiger partial charge in [0.15, 0.2) is 5.96 Å². The number of fused-ring (bicyclic) bond motifs is 1. The maximum atomic E-state index is 12.6. The van der Waals surface area contributed by atoms with Crippen LogP contribution in [-0.4, -0.2) is 68.5 Å². The topological polar surface area (TPSA) is 91.0 Å². The standard InChI is InChI=1S/C21H29N5O3S/c1-22-21(23-15-18-7-4-6-17-5-2-3-8-20(17)18)25-10-12-26(13-11-25)30(27,28)16-19-9-14-29-24-19/h2-3,5,8-9,14,18H,4,6-7,10-13,15-16H2,1H3,(H,22,23). The summed E-state index contributed by atoms with van der Waals surface area (Å²) in [7, 11) is -1.62. The van der Waals surface area contributed by atoms with E-state index >= 15 is 0 Å². The average Bonchev–Trinajstić information content (AvgIpc) is 3.27. The number of guanidine groups is 1. The van der Waals surface area contributed by atoms with Gasteiger partial charge in [-0.3, -0.25) is 4.99 Å². The van der Waals surface area contributed by atoms with Gasteiger partial charge in [0.1, 0.15) is 12.0 Å². The molecule has 4 rings (SSSR count). The summed E-state index contributed by atoms with van der Waals surface area (Å²) in [4.78, 5) is 6.58. The van der Waals surface area contributed by atoms with Crippen LogP contribution in [0.15, 0.2) is 46.1 Å². The molecule has 0 radical (unpaired) electrons. The Morgan fingerprint density at radius 1 is 1.23 bits per heavy atom. The largest absolute Gasteiger partial charge is 0.364 e. The average molecular weight is 432 g/mol. The number of sulfonamides is 1. The van der Waals surface area contributed by atoms with Crippen LogP contribution in [0.4, 0.5) is 0 Å². The smallest absolute Gasteiger partial charge is 0.220 e. The molecule has 0 spiro atoms. The van der Waals surface area contributed by atoms with E-state index in [0.29, 0.717) is 37.8 Å². The van der Waals surface area contributed by atoms with Gasteiger partial charge in [0.2, 0.25) is 10.0 Å². The molecule has 1 aromatic carbocycles. The molecule has 0 bridgehead atoms. The number of aryl methyl sites for hydroxylation is 1. The number of hydrogen-bond acceptors (Lipinski definition) is 5. The molecule has 1 N–H and O–H groups in total. The van der Waals surface area contributed by atoms with Crippen LogP contribution in [0, 0.1) is 0 Å². The number of hydrogen-bond donors (Lipinski definition) is 1.